The number of benzene rings is 1. The smallest absolute Gasteiger partial charge is 0.208 e. The first-order valence-corrected chi connectivity index (χ1v) is 10.5. The van der Waals surface area contributed by atoms with Crippen molar-refractivity contribution in [1.29, 1.82) is 0 Å². The summed E-state index contributed by atoms with van der Waals surface area (Å²) in [5, 5.41) is 11.6. The molecule has 2 saturated heterocycles. The molecule has 26 heavy (non-hydrogen) atoms. The van der Waals surface area contributed by atoms with Crippen molar-refractivity contribution in [3.8, 4) is 0 Å². The molecule has 1 unspecified atom stereocenters. The van der Waals surface area contributed by atoms with Gasteiger partial charge in [0.05, 0.1) is 18.8 Å². The van der Waals surface area contributed by atoms with E-state index in [1.165, 1.54) is 12.0 Å². The molecule has 2 aliphatic rings. The Labute approximate surface area is 163 Å². The fourth-order valence-corrected chi connectivity index (χ4v) is 4.50. The highest BCUT2D eigenvalue weighted by molar-refractivity contribution is 7.15. The second-order valence-electron chi connectivity index (χ2n) is 6.94. The Morgan fingerprint density at radius 3 is 2.69 bits per heavy atom. The molecule has 2 fully saturated rings. The minimum Gasteiger partial charge on any atom is -0.376 e. The van der Waals surface area contributed by atoms with Crippen LogP contribution in [-0.2, 0) is 15.9 Å². The summed E-state index contributed by atoms with van der Waals surface area (Å²) in [6, 6.07) is 7.92. The van der Waals surface area contributed by atoms with Crippen LogP contribution in [0, 0.1) is 0 Å². The van der Waals surface area contributed by atoms with E-state index in [4.69, 9.17) is 21.1 Å². The SMILES string of the molecule is Clc1ccc(Cc2nnc(N3CCC(OCC4CCCO4)CC3)s2)cc1. The summed E-state index contributed by atoms with van der Waals surface area (Å²) in [5.41, 5.74) is 1.21. The highest BCUT2D eigenvalue weighted by Gasteiger charge is 2.24. The van der Waals surface area contributed by atoms with E-state index in [1.54, 1.807) is 11.3 Å². The first kappa shape index (κ1) is 18.2. The highest BCUT2D eigenvalue weighted by Crippen LogP contribution is 2.26. The molecule has 5 nitrogen and oxygen atoms in total. The average molecular weight is 394 g/mol. The van der Waals surface area contributed by atoms with Crippen LogP contribution in [0.1, 0.15) is 36.3 Å². The molecule has 140 valence electrons. The quantitative estimate of drug-likeness (QED) is 0.743. The molecule has 1 aromatic heterocycles. The molecule has 0 radical (unpaired) electrons. The summed E-state index contributed by atoms with van der Waals surface area (Å²) in [7, 11) is 0. The van der Waals surface area contributed by atoms with Crippen LogP contribution in [0.5, 0.6) is 0 Å². The van der Waals surface area contributed by atoms with Crippen LogP contribution in [0.25, 0.3) is 0 Å². The van der Waals surface area contributed by atoms with Crippen molar-refractivity contribution in [3.05, 3.63) is 39.9 Å². The van der Waals surface area contributed by atoms with Gasteiger partial charge in [0.25, 0.3) is 0 Å². The number of nitrogens with zero attached hydrogens (tertiary/aromatic N) is 3. The zero-order valence-electron chi connectivity index (χ0n) is 14.8. The first-order chi connectivity index (χ1) is 12.8. The number of ether oxygens (including phenoxy) is 2. The van der Waals surface area contributed by atoms with Crippen LogP contribution in [-0.4, -0.2) is 48.7 Å². The zero-order chi connectivity index (χ0) is 17.8. The molecule has 0 spiro atoms. The van der Waals surface area contributed by atoms with Gasteiger partial charge in [0.1, 0.15) is 5.01 Å². The van der Waals surface area contributed by atoms with Gasteiger partial charge < -0.3 is 14.4 Å². The Morgan fingerprint density at radius 1 is 1.15 bits per heavy atom. The minimum atomic E-state index is 0.312. The minimum absolute atomic E-state index is 0.312. The van der Waals surface area contributed by atoms with Crippen LogP contribution >= 0.6 is 22.9 Å². The molecule has 0 bridgehead atoms. The molecule has 1 aromatic carbocycles. The lowest BCUT2D eigenvalue weighted by molar-refractivity contribution is -0.0280. The lowest BCUT2D eigenvalue weighted by Crippen LogP contribution is -2.37. The molecule has 0 amide bonds. The third kappa shape index (κ3) is 4.74. The zero-order valence-corrected chi connectivity index (χ0v) is 16.3. The lowest BCUT2D eigenvalue weighted by atomic mass is 10.1. The predicted molar refractivity (Wildman–Crippen MR) is 104 cm³/mol. The monoisotopic (exact) mass is 393 g/mol. The fourth-order valence-electron chi connectivity index (χ4n) is 3.45. The molecule has 0 aliphatic carbocycles. The van der Waals surface area contributed by atoms with Gasteiger partial charge in [0.15, 0.2) is 0 Å². The molecule has 1 atom stereocenters. The molecular weight excluding hydrogens is 370 g/mol. The van der Waals surface area contributed by atoms with Gasteiger partial charge in [-0.05, 0) is 43.4 Å². The summed E-state index contributed by atoms with van der Waals surface area (Å²) in [6.07, 6.45) is 5.85. The van der Waals surface area contributed by atoms with E-state index in [2.05, 4.69) is 15.1 Å². The van der Waals surface area contributed by atoms with Crippen molar-refractivity contribution in [3.63, 3.8) is 0 Å². The number of aromatic nitrogens is 2. The second kappa shape index (κ2) is 8.65. The molecule has 4 rings (SSSR count). The van der Waals surface area contributed by atoms with Crippen molar-refractivity contribution in [2.75, 3.05) is 31.2 Å². The number of piperidine rings is 1. The number of rotatable bonds is 6. The summed E-state index contributed by atoms with van der Waals surface area (Å²) >= 11 is 7.63. The lowest BCUT2D eigenvalue weighted by Gasteiger charge is -2.31. The second-order valence-corrected chi connectivity index (χ2v) is 8.41. The van der Waals surface area contributed by atoms with E-state index in [0.29, 0.717) is 12.2 Å². The van der Waals surface area contributed by atoms with E-state index >= 15 is 0 Å². The average Bonchev–Trinajstić information content (AvgIpc) is 3.34. The summed E-state index contributed by atoms with van der Waals surface area (Å²) < 4.78 is 11.7. The molecule has 2 aliphatic heterocycles. The normalized spacial score (nSPS) is 21.4. The molecule has 7 heteroatoms. The van der Waals surface area contributed by atoms with Gasteiger partial charge >= 0.3 is 0 Å². The number of anilines is 1. The van der Waals surface area contributed by atoms with Crippen molar-refractivity contribution in [1.82, 2.24) is 10.2 Å². The molecule has 0 N–H and O–H groups in total. The van der Waals surface area contributed by atoms with E-state index in [0.717, 1.165) is 67.1 Å². The van der Waals surface area contributed by atoms with Crippen LogP contribution < -0.4 is 4.90 Å². The Morgan fingerprint density at radius 2 is 1.96 bits per heavy atom. The summed E-state index contributed by atoms with van der Waals surface area (Å²) in [4.78, 5) is 2.33. The number of hydrogen-bond acceptors (Lipinski definition) is 6. The largest absolute Gasteiger partial charge is 0.376 e. The Hall–Kier alpha value is -1.21. The molecule has 3 heterocycles. The summed E-state index contributed by atoms with van der Waals surface area (Å²) in [6.45, 7) is 3.59. The van der Waals surface area contributed by atoms with E-state index in [1.807, 2.05) is 24.3 Å². The standard InChI is InChI=1S/C19H24ClN3O2S/c20-15-5-3-14(4-6-15)12-18-21-22-19(26-18)23-9-7-16(8-10-23)25-13-17-2-1-11-24-17/h3-6,16-17H,1-2,7-13H2. The van der Waals surface area contributed by atoms with Gasteiger partial charge in [-0.15, -0.1) is 10.2 Å². The number of halogens is 1. The molecular formula is C19H24ClN3O2S. The van der Waals surface area contributed by atoms with Gasteiger partial charge in [0, 0.05) is 31.1 Å². The maximum absolute atomic E-state index is 6.05. The van der Waals surface area contributed by atoms with Gasteiger partial charge in [-0.3, -0.25) is 0 Å². The van der Waals surface area contributed by atoms with Crippen LogP contribution in [0.3, 0.4) is 0 Å². The summed E-state index contributed by atoms with van der Waals surface area (Å²) in [5.74, 6) is 0. The van der Waals surface area contributed by atoms with Gasteiger partial charge in [0.2, 0.25) is 5.13 Å². The van der Waals surface area contributed by atoms with Crippen molar-refractivity contribution < 1.29 is 9.47 Å². The molecule has 2 aromatic rings. The Balaban J connectivity index is 1.25. The number of hydrogen-bond donors (Lipinski definition) is 0. The predicted octanol–water partition coefficient (Wildman–Crippen LogP) is 3.95. The van der Waals surface area contributed by atoms with Gasteiger partial charge in [-0.25, -0.2) is 0 Å². The highest BCUT2D eigenvalue weighted by atomic mass is 35.5. The van der Waals surface area contributed by atoms with Gasteiger partial charge in [-0.1, -0.05) is 35.1 Å². The maximum Gasteiger partial charge on any atom is 0.208 e. The van der Waals surface area contributed by atoms with E-state index in [-0.39, 0.29) is 0 Å². The van der Waals surface area contributed by atoms with Crippen molar-refractivity contribution >= 4 is 28.1 Å². The van der Waals surface area contributed by atoms with Crippen LogP contribution in [0.15, 0.2) is 24.3 Å². The topological polar surface area (TPSA) is 47.5 Å². The van der Waals surface area contributed by atoms with Gasteiger partial charge in [-0.2, -0.15) is 0 Å². The van der Waals surface area contributed by atoms with Crippen LogP contribution in [0.2, 0.25) is 5.02 Å². The van der Waals surface area contributed by atoms with E-state index in [9.17, 15) is 0 Å². The van der Waals surface area contributed by atoms with E-state index < -0.39 is 0 Å². The third-order valence-corrected chi connectivity index (χ3v) is 6.22. The first-order valence-electron chi connectivity index (χ1n) is 9.31. The Kier molecular flexibility index (Phi) is 6.05. The van der Waals surface area contributed by atoms with Crippen LogP contribution in [0.4, 0.5) is 5.13 Å². The third-order valence-electron chi connectivity index (χ3n) is 4.98. The molecule has 0 saturated carbocycles. The Bertz CT molecular complexity index is 695. The van der Waals surface area contributed by atoms with Crippen molar-refractivity contribution in [2.24, 2.45) is 0 Å². The van der Waals surface area contributed by atoms with Crippen molar-refractivity contribution in [2.45, 2.75) is 44.3 Å². The fraction of sp³-hybridized carbons (Fsp3) is 0.579. The maximum atomic E-state index is 6.05.